The minimum atomic E-state index is -0.676. The van der Waals surface area contributed by atoms with Crippen molar-refractivity contribution in [1.82, 2.24) is 29.4 Å². The number of aryl methyl sites for hydroxylation is 2. The first kappa shape index (κ1) is 25.3. The van der Waals surface area contributed by atoms with Gasteiger partial charge in [0.25, 0.3) is 18.9 Å². The first-order valence-electron chi connectivity index (χ1n) is 9.98. The van der Waals surface area contributed by atoms with Gasteiger partial charge >= 0.3 is 0 Å². The molecular weight excluding hydrogens is 434 g/mol. The number of carboxylic acid groups (broad SMARTS) is 2. The molecular formula is C20H27N7O6. The van der Waals surface area contributed by atoms with E-state index in [1.165, 1.54) is 0 Å². The standard InChI is InChI=1S/C18H23N7O2.2CH2O2/c1-14-11-15(22-27-14)12-24-8-4-18(5-9-24,25-10-6-19-13-25)17(26)20-16-3-7-23(2)21-16;2*2-1-3/h3,6-7,10-11,13H,4-5,8-9,12H2,1-2H3,(H,20,21,26);2*1H,(H,2,3). The average Bonchev–Trinajstić information content (AvgIpc) is 3.54. The summed E-state index contributed by atoms with van der Waals surface area (Å²) in [5.41, 5.74) is 0.241. The third kappa shape index (κ3) is 6.74. The summed E-state index contributed by atoms with van der Waals surface area (Å²) in [5.74, 6) is 1.31. The van der Waals surface area contributed by atoms with E-state index in [0.717, 1.165) is 31.1 Å². The summed E-state index contributed by atoms with van der Waals surface area (Å²) in [7, 11) is 1.82. The quantitative estimate of drug-likeness (QED) is 0.465. The number of imidazole rings is 1. The first-order chi connectivity index (χ1) is 15.9. The van der Waals surface area contributed by atoms with Crippen molar-refractivity contribution in [2.75, 3.05) is 18.4 Å². The molecule has 0 saturated carbocycles. The van der Waals surface area contributed by atoms with Crippen molar-refractivity contribution in [3.8, 4) is 0 Å². The zero-order valence-corrected chi connectivity index (χ0v) is 18.4. The average molecular weight is 461 g/mol. The number of nitrogens with one attached hydrogen (secondary N) is 1. The van der Waals surface area contributed by atoms with E-state index >= 15 is 0 Å². The van der Waals surface area contributed by atoms with Gasteiger partial charge in [-0.1, -0.05) is 5.16 Å². The summed E-state index contributed by atoms with van der Waals surface area (Å²) < 4.78 is 8.74. The third-order valence-corrected chi connectivity index (χ3v) is 5.12. The molecule has 3 aromatic heterocycles. The van der Waals surface area contributed by atoms with Gasteiger partial charge in [0.15, 0.2) is 5.82 Å². The van der Waals surface area contributed by atoms with Gasteiger partial charge in [0.2, 0.25) is 0 Å². The van der Waals surface area contributed by atoms with E-state index in [9.17, 15) is 4.79 Å². The Bertz CT molecular complexity index is 1000. The lowest BCUT2D eigenvalue weighted by atomic mass is 9.86. The minimum absolute atomic E-state index is 0.0591. The number of carbonyl (C=O) groups excluding carboxylic acids is 1. The van der Waals surface area contributed by atoms with Crippen LogP contribution < -0.4 is 5.32 Å². The van der Waals surface area contributed by atoms with Crippen molar-refractivity contribution in [3.05, 3.63) is 48.5 Å². The molecule has 33 heavy (non-hydrogen) atoms. The van der Waals surface area contributed by atoms with Crippen LogP contribution >= 0.6 is 0 Å². The Morgan fingerprint density at radius 1 is 1.24 bits per heavy atom. The van der Waals surface area contributed by atoms with Crippen LogP contribution in [0.4, 0.5) is 5.82 Å². The molecule has 0 aliphatic carbocycles. The normalized spacial score (nSPS) is 14.7. The maximum Gasteiger partial charge on any atom is 0.290 e. The molecule has 1 fully saturated rings. The highest BCUT2D eigenvalue weighted by atomic mass is 16.5. The lowest BCUT2D eigenvalue weighted by molar-refractivity contribution is -0.127. The Kier molecular flexibility index (Phi) is 9.30. The van der Waals surface area contributed by atoms with Gasteiger partial charge < -0.3 is 24.6 Å². The van der Waals surface area contributed by atoms with Gasteiger partial charge in [-0.2, -0.15) is 5.10 Å². The van der Waals surface area contributed by atoms with Gasteiger partial charge in [-0.15, -0.1) is 0 Å². The Hall–Kier alpha value is -4.00. The van der Waals surface area contributed by atoms with Crippen molar-refractivity contribution < 1.29 is 29.1 Å². The van der Waals surface area contributed by atoms with Crippen LogP contribution in [0.15, 0.2) is 41.6 Å². The molecule has 0 atom stereocenters. The molecule has 178 valence electrons. The number of anilines is 1. The van der Waals surface area contributed by atoms with Crippen LogP contribution in [0.25, 0.3) is 0 Å². The van der Waals surface area contributed by atoms with Crippen molar-refractivity contribution in [1.29, 1.82) is 0 Å². The van der Waals surface area contributed by atoms with E-state index in [2.05, 4.69) is 25.5 Å². The molecule has 1 saturated heterocycles. The second kappa shape index (κ2) is 12.1. The van der Waals surface area contributed by atoms with Gasteiger partial charge in [-0.05, 0) is 19.8 Å². The van der Waals surface area contributed by atoms with Crippen molar-refractivity contribution in [2.24, 2.45) is 7.05 Å². The summed E-state index contributed by atoms with van der Waals surface area (Å²) in [6.07, 6.45) is 8.45. The van der Waals surface area contributed by atoms with E-state index in [4.69, 9.17) is 24.3 Å². The fourth-order valence-corrected chi connectivity index (χ4v) is 3.63. The summed E-state index contributed by atoms with van der Waals surface area (Å²) in [6, 6.07) is 3.74. The SMILES string of the molecule is Cc1cc(CN2CCC(C(=O)Nc3ccn(C)n3)(n3ccnc3)CC2)no1.O=CO.O=CO. The van der Waals surface area contributed by atoms with Gasteiger partial charge in [0.1, 0.15) is 11.3 Å². The molecule has 1 amide bonds. The number of carbonyl (C=O) groups is 3. The van der Waals surface area contributed by atoms with E-state index in [1.807, 2.05) is 37.0 Å². The lowest BCUT2D eigenvalue weighted by Gasteiger charge is -2.41. The highest BCUT2D eigenvalue weighted by molar-refractivity contribution is 5.96. The summed E-state index contributed by atoms with van der Waals surface area (Å²) in [5, 5.41) is 25.1. The van der Waals surface area contributed by atoms with Crippen LogP contribution in [0.5, 0.6) is 0 Å². The molecule has 13 heteroatoms. The van der Waals surface area contributed by atoms with Gasteiger partial charge in [0, 0.05) is 57.4 Å². The number of hydrogen-bond acceptors (Lipinski definition) is 8. The topological polar surface area (TPSA) is 169 Å². The molecule has 1 aliphatic heterocycles. The number of nitrogens with zero attached hydrogens (tertiary/aromatic N) is 6. The highest BCUT2D eigenvalue weighted by Crippen LogP contribution is 2.32. The van der Waals surface area contributed by atoms with E-state index in [0.29, 0.717) is 18.7 Å². The molecule has 0 bridgehead atoms. The number of aromatic nitrogens is 5. The molecule has 0 radical (unpaired) electrons. The van der Waals surface area contributed by atoms with E-state index in [1.54, 1.807) is 23.3 Å². The van der Waals surface area contributed by atoms with Crippen LogP contribution in [0.3, 0.4) is 0 Å². The zero-order chi connectivity index (χ0) is 24.3. The molecule has 0 spiro atoms. The number of amides is 1. The van der Waals surface area contributed by atoms with Crippen LogP contribution in [0.2, 0.25) is 0 Å². The number of rotatable bonds is 5. The van der Waals surface area contributed by atoms with Gasteiger partial charge in [0.05, 0.1) is 12.0 Å². The number of piperidine rings is 1. The largest absolute Gasteiger partial charge is 0.483 e. The predicted molar refractivity (Wildman–Crippen MR) is 115 cm³/mol. The molecule has 0 unspecified atom stereocenters. The van der Waals surface area contributed by atoms with Crippen molar-refractivity contribution in [2.45, 2.75) is 31.8 Å². The zero-order valence-electron chi connectivity index (χ0n) is 18.4. The number of hydrogen-bond donors (Lipinski definition) is 3. The van der Waals surface area contributed by atoms with E-state index in [-0.39, 0.29) is 18.9 Å². The van der Waals surface area contributed by atoms with Crippen molar-refractivity contribution in [3.63, 3.8) is 0 Å². The molecule has 1 aliphatic rings. The number of likely N-dealkylation sites (tertiary alicyclic amines) is 1. The molecule has 0 aromatic carbocycles. The van der Waals surface area contributed by atoms with Crippen LogP contribution in [0.1, 0.15) is 24.3 Å². The fourth-order valence-electron chi connectivity index (χ4n) is 3.63. The minimum Gasteiger partial charge on any atom is -0.483 e. The molecule has 3 N–H and O–H groups in total. The van der Waals surface area contributed by atoms with Gasteiger partial charge in [-0.3, -0.25) is 24.0 Å². The van der Waals surface area contributed by atoms with E-state index < -0.39 is 5.54 Å². The highest BCUT2D eigenvalue weighted by Gasteiger charge is 2.43. The summed E-state index contributed by atoms with van der Waals surface area (Å²) in [6.45, 7) is 3.66. The molecule has 13 nitrogen and oxygen atoms in total. The second-order valence-electron chi connectivity index (χ2n) is 7.25. The Morgan fingerprint density at radius 2 is 1.91 bits per heavy atom. The maximum absolute atomic E-state index is 13.2. The summed E-state index contributed by atoms with van der Waals surface area (Å²) in [4.78, 5) is 36.4. The monoisotopic (exact) mass is 461 g/mol. The Labute approximate surface area is 189 Å². The predicted octanol–water partition coefficient (Wildman–Crippen LogP) is 0.945. The second-order valence-corrected chi connectivity index (χ2v) is 7.25. The Morgan fingerprint density at radius 3 is 2.39 bits per heavy atom. The van der Waals surface area contributed by atoms with Crippen LogP contribution in [0, 0.1) is 6.92 Å². The summed E-state index contributed by atoms with van der Waals surface area (Å²) >= 11 is 0. The van der Waals surface area contributed by atoms with Crippen molar-refractivity contribution >= 4 is 24.7 Å². The third-order valence-electron chi connectivity index (χ3n) is 5.12. The lowest BCUT2D eigenvalue weighted by Crippen LogP contribution is -2.52. The van der Waals surface area contributed by atoms with Crippen LogP contribution in [-0.4, -0.2) is 71.5 Å². The molecule has 3 aromatic rings. The Balaban J connectivity index is 0.000000582. The first-order valence-corrected chi connectivity index (χ1v) is 9.98. The maximum atomic E-state index is 13.2. The molecule has 4 rings (SSSR count). The fraction of sp³-hybridized carbons (Fsp3) is 0.400. The smallest absolute Gasteiger partial charge is 0.290 e. The van der Waals surface area contributed by atoms with Gasteiger partial charge in [-0.25, -0.2) is 4.98 Å². The molecule has 4 heterocycles. The van der Waals surface area contributed by atoms with Crippen LogP contribution in [-0.2, 0) is 33.5 Å².